The minimum absolute atomic E-state index is 0.0811. The Labute approximate surface area is 152 Å². The van der Waals surface area contributed by atoms with Gasteiger partial charge in [-0.15, -0.1) is 6.42 Å². The second-order valence-electron chi connectivity index (χ2n) is 6.02. The summed E-state index contributed by atoms with van der Waals surface area (Å²) >= 11 is 6.65. The van der Waals surface area contributed by atoms with Gasteiger partial charge in [0, 0.05) is 11.8 Å². The normalized spacial score (nSPS) is 21.0. The van der Waals surface area contributed by atoms with E-state index in [9.17, 15) is 10.1 Å². The lowest BCUT2D eigenvalue weighted by atomic mass is 10.1. The third kappa shape index (κ3) is 3.71. The predicted molar refractivity (Wildman–Crippen MR) is 94.5 cm³/mol. The second-order valence-corrected chi connectivity index (χ2v) is 8.80. The molecule has 1 aliphatic carbocycles. The fraction of sp³-hybridized carbons (Fsp3) is 0.412. The SMILES string of the molecule is C#CCn1ccc(COC(=O)[C@H]2[C@@H](C=C(Br)Br)C2(C)C)c1C#N. The topological polar surface area (TPSA) is 55.0 Å². The fourth-order valence-electron chi connectivity index (χ4n) is 2.81. The summed E-state index contributed by atoms with van der Waals surface area (Å²) in [5, 5.41) is 9.23. The maximum Gasteiger partial charge on any atom is 0.310 e. The van der Waals surface area contributed by atoms with Gasteiger partial charge < -0.3 is 9.30 Å². The molecule has 0 spiro atoms. The number of rotatable bonds is 5. The molecular formula is C17H16Br2N2O2. The molecule has 6 heteroatoms. The molecule has 4 nitrogen and oxygen atoms in total. The number of esters is 1. The fourth-order valence-corrected chi connectivity index (χ4v) is 3.38. The van der Waals surface area contributed by atoms with E-state index in [1.165, 1.54) is 0 Å². The van der Waals surface area contributed by atoms with Gasteiger partial charge in [0.05, 0.1) is 15.9 Å². The zero-order valence-corrected chi connectivity index (χ0v) is 16.0. The van der Waals surface area contributed by atoms with Crippen LogP contribution in [0, 0.1) is 40.9 Å². The number of nitrogens with zero attached hydrogens (tertiary/aromatic N) is 2. The van der Waals surface area contributed by atoms with Gasteiger partial charge in [-0.1, -0.05) is 25.8 Å². The highest BCUT2D eigenvalue weighted by atomic mass is 79.9. The number of hydrogen-bond donors (Lipinski definition) is 0. The zero-order valence-electron chi connectivity index (χ0n) is 12.8. The maximum absolute atomic E-state index is 12.3. The summed E-state index contributed by atoms with van der Waals surface area (Å²) in [7, 11) is 0. The number of carbonyl (C=O) groups is 1. The molecule has 0 unspecified atom stereocenters. The third-order valence-corrected chi connectivity index (χ3v) is 4.78. The molecule has 1 aromatic rings. The van der Waals surface area contributed by atoms with Crippen LogP contribution in [0.25, 0.3) is 0 Å². The summed E-state index contributed by atoms with van der Waals surface area (Å²) in [5.74, 6) is 2.20. The first-order chi connectivity index (χ1) is 10.8. The molecular weight excluding hydrogens is 424 g/mol. The molecule has 0 N–H and O–H groups in total. The molecule has 120 valence electrons. The number of terminal acetylenes is 1. The van der Waals surface area contributed by atoms with Crippen molar-refractivity contribution in [3.63, 3.8) is 0 Å². The van der Waals surface area contributed by atoms with Crippen molar-refractivity contribution in [3.8, 4) is 18.4 Å². The maximum atomic E-state index is 12.3. The van der Waals surface area contributed by atoms with E-state index in [0.717, 1.165) is 3.39 Å². The lowest BCUT2D eigenvalue weighted by Gasteiger charge is -2.06. The van der Waals surface area contributed by atoms with Gasteiger partial charge in [0.1, 0.15) is 18.4 Å². The molecule has 1 aliphatic rings. The third-order valence-electron chi connectivity index (χ3n) is 4.25. The average molecular weight is 440 g/mol. The first kappa shape index (κ1) is 17.8. The van der Waals surface area contributed by atoms with E-state index in [1.54, 1.807) is 16.8 Å². The monoisotopic (exact) mass is 438 g/mol. The minimum atomic E-state index is -0.244. The number of allylic oxidation sites excluding steroid dienone is 1. The predicted octanol–water partition coefficient (Wildman–Crippen LogP) is 3.94. The van der Waals surface area contributed by atoms with Crippen LogP contribution in [0.4, 0.5) is 0 Å². The summed E-state index contributed by atoms with van der Waals surface area (Å²) in [4.78, 5) is 12.3. The standard InChI is InChI=1S/C17H16Br2N2O2/c1-4-6-21-7-5-11(13(21)9-20)10-23-16(22)15-12(8-14(18)19)17(15,2)3/h1,5,7-8,12,15H,6,10H2,2-3H3/t12-,15-/m1/s1. The van der Waals surface area contributed by atoms with Crippen LogP contribution < -0.4 is 0 Å². The van der Waals surface area contributed by atoms with Crippen LogP contribution >= 0.6 is 31.9 Å². The van der Waals surface area contributed by atoms with E-state index >= 15 is 0 Å². The van der Waals surface area contributed by atoms with Crippen LogP contribution in [-0.2, 0) is 22.7 Å². The van der Waals surface area contributed by atoms with Gasteiger partial charge in [0.2, 0.25) is 0 Å². The molecule has 1 heterocycles. The summed E-state index contributed by atoms with van der Waals surface area (Å²) in [6, 6.07) is 3.86. The molecule has 2 atom stereocenters. The van der Waals surface area contributed by atoms with Crippen molar-refractivity contribution in [1.29, 1.82) is 5.26 Å². The molecule has 1 saturated carbocycles. The van der Waals surface area contributed by atoms with Crippen molar-refractivity contribution in [2.75, 3.05) is 0 Å². The summed E-state index contributed by atoms with van der Waals surface area (Å²) in [5.41, 5.74) is 0.978. The molecule has 0 saturated heterocycles. The lowest BCUT2D eigenvalue weighted by Crippen LogP contribution is -2.11. The molecule has 1 fully saturated rings. The second kappa shape index (κ2) is 6.95. The van der Waals surface area contributed by atoms with Crippen molar-refractivity contribution >= 4 is 37.8 Å². The van der Waals surface area contributed by atoms with Gasteiger partial charge in [-0.2, -0.15) is 5.26 Å². The average Bonchev–Trinajstić information content (AvgIpc) is 2.81. The van der Waals surface area contributed by atoms with E-state index in [1.807, 2.05) is 19.9 Å². The number of carbonyl (C=O) groups excluding carboxylic acids is 1. The largest absolute Gasteiger partial charge is 0.460 e. The molecule has 0 amide bonds. The molecule has 0 aromatic carbocycles. The Bertz CT molecular complexity index is 731. The van der Waals surface area contributed by atoms with Crippen molar-refractivity contribution in [1.82, 2.24) is 4.57 Å². The van der Waals surface area contributed by atoms with Crippen LogP contribution in [0.15, 0.2) is 21.7 Å². The Balaban J connectivity index is 2.03. The minimum Gasteiger partial charge on any atom is -0.460 e. The Kier molecular flexibility index (Phi) is 5.39. The number of aromatic nitrogens is 1. The van der Waals surface area contributed by atoms with Crippen molar-refractivity contribution < 1.29 is 9.53 Å². The lowest BCUT2D eigenvalue weighted by molar-refractivity contribution is -0.147. The van der Waals surface area contributed by atoms with Gasteiger partial charge >= 0.3 is 5.97 Å². The van der Waals surface area contributed by atoms with E-state index < -0.39 is 0 Å². The van der Waals surface area contributed by atoms with Crippen LogP contribution in [-0.4, -0.2) is 10.5 Å². The first-order valence-corrected chi connectivity index (χ1v) is 8.62. The van der Waals surface area contributed by atoms with Crippen molar-refractivity contribution in [2.45, 2.75) is 27.0 Å². The Morgan fingerprint density at radius 1 is 1.57 bits per heavy atom. The number of hydrogen-bond acceptors (Lipinski definition) is 3. The Morgan fingerprint density at radius 2 is 2.26 bits per heavy atom. The summed E-state index contributed by atoms with van der Waals surface area (Å²) < 4.78 is 7.91. The molecule has 1 aromatic heterocycles. The smallest absolute Gasteiger partial charge is 0.310 e. The molecule has 2 rings (SSSR count). The van der Waals surface area contributed by atoms with Crippen LogP contribution in [0.1, 0.15) is 25.1 Å². The van der Waals surface area contributed by atoms with Crippen LogP contribution in [0.3, 0.4) is 0 Å². The Morgan fingerprint density at radius 3 is 2.83 bits per heavy atom. The highest BCUT2D eigenvalue weighted by molar-refractivity contribution is 9.28. The summed E-state index contributed by atoms with van der Waals surface area (Å²) in [6.45, 7) is 4.47. The van der Waals surface area contributed by atoms with E-state index in [-0.39, 0.29) is 29.8 Å². The highest BCUT2D eigenvalue weighted by Crippen LogP contribution is 2.60. The highest BCUT2D eigenvalue weighted by Gasteiger charge is 2.61. The van der Waals surface area contributed by atoms with Gasteiger partial charge in [-0.25, -0.2) is 0 Å². The number of ether oxygens (including phenoxy) is 1. The summed E-state index contributed by atoms with van der Waals surface area (Å²) in [6.07, 6.45) is 8.97. The molecule has 0 bridgehead atoms. The van der Waals surface area contributed by atoms with E-state index in [2.05, 4.69) is 43.8 Å². The van der Waals surface area contributed by atoms with E-state index in [4.69, 9.17) is 11.2 Å². The van der Waals surface area contributed by atoms with Gasteiger partial charge in [-0.05, 0) is 49.3 Å². The molecule has 0 radical (unpaired) electrons. The quantitative estimate of drug-likeness (QED) is 0.515. The van der Waals surface area contributed by atoms with Gasteiger partial charge in [-0.3, -0.25) is 4.79 Å². The molecule has 23 heavy (non-hydrogen) atoms. The van der Waals surface area contributed by atoms with Gasteiger partial charge in [0.15, 0.2) is 0 Å². The zero-order chi connectivity index (χ0) is 17.2. The Hall–Kier alpha value is -1.50. The first-order valence-electron chi connectivity index (χ1n) is 7.04. The van der Waals surface area contributed by atoms with Gasteiger partial charge in [0.25, 0.3) is 0 Å². The number of nitriles is 1. The molecule has 0 aliphatic heterocycles. The van der Waals surface area contributed by atoms with E-state index in [0.29, 0.717) is 17.8 Å². The van der Waals surface area contributed by atoms with Crippen LogP contribution in [0.5, 0.6) is 0 Å². The van der Waals surface area contributed by atoms with Crippen molar-refractivity contribution in [2.24, 2.45) is 17.3 Å². The van der Waals surface area contributed by atoms with Crippen LogP contribution in [0.2, 0.25) is 0 Å². The number of halogens is 2. The van der Waals surface area contributed by atoms with Crippen molar-refractivity contribution in [3.05, 3.63) is 33.0 Å².